The van der Waals surface area contributed by atoms with Crippen LogP contribution < -0.4 is 16.4 Å². The molecule has 1 heterocycles. The van der Waals surface area contributed by atoms with E-state index in [1.54, 1.807) is 20.8 Å². The van der Waals surface area contributed by atoms with Crippen molar-refractivity contribution >= 4 is 41.2 Å². The lowest BCUT2D eigenvalue weighted by Gasteiger charge is -2.35. The van der Waals surface area contributed by atoms with E-state index in [1.807, 2.05) is 27.7 Å². The summed E-state index contributed by atoms with van der Waals surface area (Å²) in [6.07, 6.45) is 8.96. The molecule has 6 atom stereocenters. The first kappa shape index (κ1) is 46.0. The lowest BCUT2D eigenvalue weighted by atomic mass is 9.82. The molecule has 3 fully saturated rings. The van der Waals surface area contributed by atoms with E-state index in [2.05, 4.69) is 10.6 Å². The summed E-state index contributed by atoms with van der Waals surface area (Å²) >= 11 is 0. The third-order valence-electron chi connectivity index (χ3n) is 11.2. The summed E-state index contributed by atoms with van der Waals surface area (Å²) < 4.78 is 11.8. The van der Waals surface area contributed by atoms with Crippen molar-refractivity contribution in [1.82, 2.24) is 15.5 Å². The zero-order valence-corrected chi connectivity index (χ0v) is 34.8. The van der Waals surface area contributed by atoms with Gasteiger partial charge in [-0.15, -0.1) is 0 Å². The highest BCUT2D eigenvalue weighted by Crippen LogP contribution is 2.33. The third-order valence-corrected chi connectivity index (χ3v) is 11.2. The van der Waals surface area contributed by atoms with Gasteiger partial charge in [-0.2, -0.15) is 0 Å². The number of carbonyl (C=O) groups excluding carboxylic acids is 7. The van der Waals surface area contributed by atoms with Gasteiger partial charge in [0.15, 0.2) is 11.6 Å². The van der Waals surface area contributed by atoms with Crippen molar-refractivity contribution in [2.45, 2.75) is 194 Å². The van der Waals surface area contributed by atoms with Gasteiger partial charge < -0.3 is 30.7 Å². The minimum Gasteiger partial charge on any atom is -0.444 e. The van der Waals surface area contributed by atoms with Crippen molar-refractivity contribution in [3.05, 3.63) is 0 Å². The second kappa shape index (κ2) is 20.7. The average molecular weight is 775 g/mol. The average Bonchev–Trinajstić information content (AvgIpc) is 3.52. The maximum Gasteiger partial charge on any atom is 0.408 e. The summed E-state index contributed by atoms with van der Waals surface area (Å²) in [4.78, 5) is 96.1. The quantitative estimate of drug-likeness (QED) is 0.146. The van der Waals surface area contributed by atoms with Crippen molar-refractivity contribution in [2.24, 2.45) is 29.4 Å². The van der Waals surface area contributed by atoms with Crippen LogP contribution in [0.25, 0.3) is 0 Å². The first-order chi connectivity index (χ1) is 25.7. The second-order valence-electron chi connectivity index (χ2n) is 18.3. The highest BCUT2D eigenvalue weighted by molar-refractivity contribution is 6.38. The van der Waals surface area contributed by atoms with E-state index < -0.39 is 76.7 Å². The van der Waals surface area contributed by atoms with Gasteiger partial charge in [0, 0.05) is 37.6 Å². The van der Waals surface area contributed by atoms with Gasteiger partial charge in [-0.05, 0) is 85.5 Å². The van der Waals surface area contributed by atoms with Gasteiger partial charge in [0.25, 0.3) is 0 Å². The summed E-state index contributed by atoms with van der Waals surface area (Å²) in [7, 11) is 0. The highest BCUT2D eigenvalue weighted by atomic mass is 16.6. The molecule has 3 rings (SSSR count). The van der Waals surface area contributed by atoms with Crippen molar-refractivity contribution in [3.63, 3.8) is 0 Å². The molecule has 55 heavy (non-hydrogen) atoms. The van der Waals surface area contributed by atoms with Crippen LogP contribution in [0.1, 0.15) is 158 Å². The van der Waals surface area contributed by atoms with Crippen molar-refractivity contribution < 1.29 is 43.0 Å². The van der Waals surface area contributed by atoms with Gasteiger partial charge in [-0.25, -0.2) is 4.79 Å². The Morgan fingerprint density at radius 1 is 0.782 bits per heavy atom. The number of likely N-dealkylation sites (tertiary alicyclic amines) is 1. The summed E-state index contributed by atoms with van der Waals surface area (Å²) in [5, 5.41) is 5.59. The molecule has 312 valence electrons. The van der Waals surface area contributed by atoms with Gasteiger partial charge in [0.1, 0.15) is 17.7 Å². The lowest BCUT2D eigenvalue weighted by molar-refractivity contribution is -0.143. The largest absolute Gasteiger partial charge is 0.444 e. The Bertz CT molecular complexity index is 1360. The zero-order valence-electron chi connectivity index (χ0n) is 34.8. The monoisotopic (exact) mass is 775 g/mol. The fourth-order valence-electron chi connectivity index (χ4n) is 8.43. The number of ether oxygens (including phenoxy) is 2. The number of Topliss-reactive ketones (excluding diaryl/α,β-unsaturated/α-hetero) is 3. The predicted molar refractivity (Wildman–Crippen MR) is 209 cm³/mol. The molecule has 13 nitrogen and oxygen atoms in total. The molecule has 1 unspecified atom stereocenters. The van der Waals surface area contributed by atoms with Crippen LogP contribution >= 0.6 is 0 Å². The van der Waals surface area contributed by atoms with Gasteiger partial charge in [-0.1, -0.05) is 65.2 Å². The number of carbonyl (C=O) groups is 7. The molecule has 2 aliphatic carbocycles. The molecule has 0 spiro atoms. The van der Waals surface area contributed by atoms with Crippen LogP contribution in [0, 0.1) is 23.7 Å². The minimum atomic E-state index is -0.926. The Morgan fingerprint density at radius 2 is 1.35 bits per heavy atom. The predicted octanol–water partition coefficient (Wildman–Crippen LogP) is 5.73. The number of hydrogen-bond donors (Lipinski definition) is 3. The second-order valence-corrected chi connectivity index (χ2v) is 18.3. The molecule has 1 aliphatic heterocycles. The molecule has 4 amide bonds. The molecule has 0 bridgehead atoms. The van der Waals surface area contributed by atoms with E-state index in [9.17, 15) is 33.6 Å². The number of hydrogen-bond acceptors (Lipinski definition) is 9. The first-order valence-corrected chi connectivity index (χ1v) is 20.9. The molecular weight excluding hydrogens is 704 g/mol. The molecule has 13 heteroatoms. The third kappa shape index (κ3) is 14.6. The SMILES string of the molecule is CCCCC(CC(=O)[C@@H]1C[C@@H](OC(C)(C)C)CN1C(=O)[C@@H](NC(=O)OC(C)(C)C)C1CCCCC1)C(=O)C(=O)C[C@@H](C)C(=O)N[C@H](C(N)=O)C1CCCCC1. The van der Waals surface area contributed by atoms with Gasteiger partial charge in [-0.3, -0.25) is 28.8 Å². The van der Waals surface area contributed by atoms with Crippen LogP contribution in [0.15, 0.2) is 0 Å². The smallest absolute Gasteiger partial charge is 0.408 e. The summed E-state index contributed by atoms with van der Waals surface area (Å²) in [6.45, 7) is 14.6. The lowest BCUT2D eigenvalue weighted by Crippen LogP contribution is -2.55. The maximum absolute atomic E-state index is 14.5. The molecule has 0 aromatic heterocycles. The standard InChI is InChI=1S/C42H70N4O9/c1-9-10-17-29(36(49)33(48)22-26(2)38(51)44-34(37(43)50)27-18-13-11-14-19-27)23-32(47)31-24-30(54-41(3,4)5)25-46(31)39(52)35(28-20-15-12-16-21-28)45-40(53)55-42(6,7)8/h26-31,34-35H,9-25H2,1-8H3,(H2,43,50)(H,44,51)(H,45,53)/t26-,29?,30-,31+,34+,35+/m1/s1. The zero-order chi connectivity index (χ0) is 41.1. The molecule has 0 aromatic rings. The van der Waals surface area contributed by atoms with E-state index in [0.717, 1.165) is 70.6 Å². The van der Waals surface area contributed by atoms with Crippen molar-refractivity contribution in [1.29, 1.82) is 0 Å². The number of nitrogens with one attached hydrogen (secondary N) is 2. The van der Waals surface area contributed by atoms with E-state index in [1.165, 1.54) is 11.8 Å². The number of alkyl carbamates (subject to hydrolysis) is 1. The molecule has 3 aliphatic rings. The van der Waals surface area contributed by atoms with Crippen molar-refractivity contribution in [3.8, 4) is 0 Å². The van der Waals surface area contributed by atoms with Crippen LogP contribution in [0.4, 0.5) is 4.79 Å². The molecular formula is C42H70N4O9. The summed E-state index contributed by atoms with van der Waals surface area (Å²) in [6, 6.07) is -2.66. The normalized spacial score (nSPS) is 22.2. The van der Waals surface area contributed by atoms with Gasteiger partial charge >= 0.3 is 6.09 Å². The summed E-state index contributed by atoms with van der Waals surface area (Å²) in [5.41, 5.74) is 4.32. The van der Waals surface area contributed by atoms with E-state index in [4.69, 9.17) is 15.2 Å². The number of primary amides is 1. The Balaban J connectivity index is 1.80. The number of nitrogens with zero attached hydrogens (tertiary/aromatic N) is 1. The van der Waals surface area contributed by atoms with E-state index in [-0.39, 0.29) is 49.3 Å². The van der Waals surface area contributed by atoms with E-state index in [0.29, 0.717) is 12.8 Å². The van der Waals surface area contributed by atoms with Crippen LogP contribution in [0.5, 0.6) is 0 Å². The number of nitrogens with two attached hydrogens (primary N) is 1. The van der Waals surface area contributed by atoms with Crippen LogP contribution in [0.3, 0.4) is 0 Å². The van der Waals surface area contributed by atoms with Gasteiger partial charge in [0.05, 0.1) is 17.7 Å². The highest BCUT2D eigenvalue weighted by Gasteiger charge is 2.46. The minimum absolute atomic E-state index is 0.0642. The molecule has 4 N–H and O–H groups in total. The Hall–Kier alpha value is -3.35. The molecule has 1 saturated heterocycles. The molecule has 0 aromatic carbocycles. The Morgan fingerprint density at radius 3 is 1.85 bits per heavy atom. The van der Waals surface area contributed by atoms with Crippen LogP contribution in [-0.2, 0) is 38.2 Å². The fraction of sp³-hybridized carbons (Fsp3) is 0.833. The van der Waals surface area contributed by atoms with Crippen LogP contribution in [0.2, 0.25) is 0 Å². The fourth-order valence-corrected chi connectivity index (χ4v) is 8.43. The number of unbranched alkanes of at least 4 members (excludes halogenated alkanes) is 1. The Labute approximate surface area is 328 Å². The maximum atomic E-state index is 14.5. The molecule has 0 radical (unpaired) electrons. The Kier molecular flexibility index (Phi) is 17.3. The van der Waals surface area contributed by atoms with E-state index >= 15 is 0 Å². The summed E-state index contributed by atoms with van der Waals surface area (Å²) in [5.74, 6) is -5.36. The van der Waals surface area contributed by atoms with Crippen molar-refractivity contribution in [2.75, 3.05) is 6.54 Å². The molecule has 2 saturated carbocycles. The van der Waals surface area contributed by atoms with Gasteiger partial charge in [0.2, 0.25) is 23.5 Å². The number of rotatable bonds is 18. The number of amides is 4. The number of ketones is 3. The first-order valence-electron chi connectivity index (χ1n) is 20.9. The topological polar surface area (TPSA) is 191 Å². The van der Waals surface area contributed by atoms with Crippen LogP contribution in [-0.4, -0.2) is 88.0 Å².